The van der Waals surface area contributed by atoms with Crippen molar-refractivity contribution in [3.05, 3.63) is 72.3 Å². The smallest absolute Gasteiger partial charge is 0.253 e. The average Bonchev–Trinajstić information content (AvgIpc) is 2.95. The summed E-state index contributed by atoms with van der Waals surface area (Å²) in [6.07, 6.45) is 6.91. The molecule has 0 saturated heterocycles. The van der Waals surface area contributed by atoms with Crippen LogP contribution in [0.1, 0.15) is 17.8 Å². The Bertz CT molecular complexity index is 687. The first-order valence-corrected chi connectivity index (χ1v) is 8.28. The van der Waals surface area contributed by atoms with Crippen LogP contribution in [0.5, 0.6) is 0 Å². The highest BCUT2D eigenvalue weighted by Crippen LogP contribution is 2.09. The molecule has 3 rings (SSSR count). The summed E-state index contributed by atoms with van der Waals surface area (Å²) in [7, 11) is 0. The molecule has 25 heavy (non-hydrogen) atoms. The molecule has 3 heterocycles. The van der Waals surface area contributed by atoms with Crippen molar-refractivity contribution in [2.24, 2.45) is 0 Å². The Labute approximate surface area is 146 Å². The fourth-order valence-electron chi connectivity index (χ4n) is 2.76. The van der Waals surface area contributed by atoms with E-state index in [1.165, 1.54) is 17.1 Å². The van der Waals surface area contributed by atoms with E-state index >= 15 is 0 Å². The molecule has 0 aliphatic carbocycles. The van der Waals surface area contributed by atoms with Gasteiger partial charge in [-0.05, 0) is 30.7 Å². The highest BCUT2D eigenvalue weighted by Gasteiger charge is 2.22. The molecule has 0 spiro atoms. The second kappa shape index (κ2) is 8.30. The first kappa shape index (κ1) is 17.0. The third kappa shape index (κ3) is 4.81. The lowest BCUT2D eigenvalue weighted by Gasteiger charge is -2.23. The molecule has 0 N–H and O–H groups in total. The number of imide groups is 1. The lowest BCUT2D eigenvalue weighted by atomic mass is 10.2. The summed E-state index contributed by atoms with van der Waals surface area (Å²) in [6, 6.07) is 11.7. The van der Waals surface area contributed by atoms with Crippen molar-refractivity contribution < 1.29 is 9.59 Å². The monoisotopic (exact) mass is 336 g/mol. The van der Waals surface area contributed by atoms with Crippen LogP contribution in [0.4, 0.5) is 0 Å². The number of amides is 2. The van der Waals surface area contributed by atoms with Crippen LogP contribution in [0.2, 0.25) is 0 Å². The van der Waals surface area contributed by atoms with E-state index in [2.05, 4.69) is 14.9 Å². The summed E-state index contributed by atoms with van der Waals surface area (Å²) in [6.45, 7) is 2.55. The number of hydrogen-bond acceptors (Lipinski definition) is 5. The van der Waals surface area contributed by atoms with Gasteiger partial charge in [0, 0.05) is 50.7 Å². The maximum Gasteiger partial charge on any atom is 0.253 e. The van der Waals surface area contributed by atoms with Crippen molar-refractivity contribution >= 4 is 11.8 Å². The van der Waals surface area contributed by atoms with Gasteiger partial charge in [0.05, 0.1) is 11.4 Å². The Morgan fingerprint density at radius 2 is 1.40 bits per heavy atom. The zero-order chi connectivity index (χ0) is 17.5. The zero-order valence-corrected chi connectivity index (χ0v) is 13.9. The summed E-state index contributed by atoms with van der Waals surface area (Å²) >= 11 is 0. The maximum atomic E-state index is 11.6. The zero-order valence-electron chi connectivity index (χ0n) is 13.9. The van der Waals surface area contributed by atoms with Crippen molar-refractivity contribution in [3.8, 4) is 0 Å². The minimum atomic E-state index is -0.231. The Kier molecular flexibility index (Phi) is 5.64. The maximum absolute atomic E-state index is 11.6. The summed E-state index contributed by atoms with van der Waals surface area (Å²) in [5, 5.41) is 0. The minimum absolute atomic E-state index is 0.231. The molecule has 6 heteroatoms. The van der Waals surface area contributed by atoms with Crippen LogP contribution < -0.4 is 0 Å². The van der Waals surface area contributed by atoms with Crippen molar-refractivity contribution in [1.82, 2.24) is 19.8 Å². The second-order valence-electron chi connectivity index (χ2n) is 5.87. The predicted molar refractivity (Wildman–Crippen MR) is 93.1 cm³/mol. The number of rotatable bonds is 8. The molecule has 2 aromatic rings. The molecule has 2 aromatic heterocycles. The second-order valence-corrected chi connectivity index (χ2v) is 5.87. The Hall–Kier alpha value is -2.86. The van der Waals surface area contributed by atoms with Crippen LogP contribution in [0.25, 0.3) is 0 Å². The molecule has 0 bridgehead atoms. The van der Waals surface area contributed by atoms with E-state index in [0.29, 0.717) is 26.1 Å². The van der Waals surface area contributed by atoms with E-state index in [4.69, 9.17) is 0 Å². The molecule has 2 amide bonds. The molecule has 0 atom stereocenters. The van der Waals surface area contributed by atoms with Crippen molar-refractivity contribution in [3.63, 3.8) is 0 Å². The van der Waals surface area contributed by atoms with Gasteiger partial charge >= 0.3 is 0 Å². The van der Waals surface area contributed by atoms with E-state index in [-0.39, 0.29) is 11.8 Å². The van der Waals surface area contributed by atoms with E-state index in [0.717, 1.165) is 17.9 Å². The highest BCUT2D eigenvalue weighted by molar-refractivity contribution is 6.12. The summed E-state index contributed by atoms with van der Waals surface area (Å²) in [5.74, 6) is -0.461. The Morgan fingerprint density at radius 1 is 0.840 bits per heavy atom. The van der Waals surface area contributed by atoms with Gasteiger partial charge in [-0.25, -0.2) is 0 Å². The number of nitrogens with zero attached hydrogens (tertiary/aromatic N) is 4. The molecule has 0 aromatic carbocycles. The van der Waals surface area contributed by atoms with Gasteiger partial charge < -0.3 is 0 Å². The molecule has 6 nitrogen and oxygen atoms in total. The highest BCUT2D eigenvalue weighted by atomic mass is 16.2. The van der Waals surface area contributed by atoms with Gasteiger partial charge in [-0.2, -0.15) is 0 Å². The van der Waals surface area contributed by atoms with Crippen molar-refractivity contribution in [1.29, 1.82) is 0 Å². The van der Waals surface area contributed by atoms with E-state index in [9.17, 15) is 9.59 Å². The lowest BCUT2D eigenvalue weighted by Crippen LogP contribution is -2.33. The SMILES string of the molecule is O=C1C=CC(=O)N1CCCN(Cc1ccccn1)Cc1ccccn1. The van der Waals surface area contributed by atoms with Gasteiger partial charge in [0.15, 0.2) is 0 Å². The number of hydrogen-bond donors (Lipinski definition) is 0. The summed E-state index contributed by atoms with van der Waals surface area (Å²) < 4.78 is 0. The van der Waals surface area contributed by atoms with Gasteiger partial charge in [-0.15, -0.1) is 0 Å². The number of aromatic nitrogens is 2. The number of carbonyl (C=O) groups is 2. The van der Waals surface area contributed by atoms with Crippen LogP contribution in [0, 0.1) is 0 Å². The summed E-state index contributed by atoms with van der Waals surface area (Å²) in [5.41, 5.74) is 1.96. The fraction of sp³-hybridized carbons (Fsp3) is 0.263. The quantitative estimate of drug-likeness (QED) is 0.688. The van der Waals surface area contributed by atoms with Crippen LogP contribution in [0.15, 0.2) is 60.9 Å². The van der Waals surface area contributed by atoms with Crippen molar-refractivity contribution in [2.75, 3.05) is 13.1 Å². The third-order valence-electron chi connectivity index (χ3n) is 3.98. The van der Waals surface area contributed by atoms with Crippen LogP contribution in [0.3, 0.4) is 0 Å². The van der Waals surface area contributed by atoms with E-state index in [1.54, 1.807) is 12.4 Å². The van der Waals surface area contributed by atoms with Crippen LogP contribution in [-0.4, -0.2) is 44.7 Å². The fourth-order valence-corrected chi connectivity index (χ4v) is 2.76. The third-order valence-corrected chi connectivity index (χ3v) is 3.98. The predicted octanol–water partition coefficient (Wildman–Crippen LogP) is 1.79. The van der Waals surface area contributed by atoms with Crippen LogP contribution >= 0.6 is 0 Å². The van der Waals surface area contributed by atoms with Crippen LogP contribution in [-0.2, 0) is 22.7 Å². The molecular formula is C19H20N4O2. The normalized spacial score (nSPS) is 13.9. The number of pyridine rings is 2. The lowest BCUT2D eigenvalue weighted by molar-refractivity contribution is -0.136. The number of carbonyl (C=O) groups excluding carboxylic acids is 2. The Balaban J connectivity index is 1.59. The molecule has 128 valence electrons. The van der Waals surface area contributed by atoms with Crippen molar-refractivity contribution in [2.45, 2.75) is 19.5 Å². The molecule has 1 aliphatic heterocycles. The van der Waals surface area contributed by atoms with Gasteiger partial charge in [0.1, 0.15) is 0 Å². The topological polar surface area (TPSA) is 66.4 Å². The summed E-state index contributed by atoms with van der Waals surface area (Å²) in [4.78, 5) is 35.5. The Morgan fingerprint density at radius 3 is 1.88 bits per heavy atom. The van der Waals surface area contributed by atoms with Gasteiger partial charge in [0.2, 0.25) is 0 Å². The average molecular weight is 336 g/mol. The van der Waals surface area contributed by atoms with Gasteiger partial charge in [-0.1, -0.05) is 12.1 Å². The minimum Gasteiger partial charge on any atom is -0.292 e. The van der Waals surface area contributed by atoms with Gasteiger partial charge in [-0.3, -0.25) is 29.4 Å². The van der Waals surface area contributed by atoms with E-state index in [1.807, 2.05) is 36.4 Å². The standard InChI is InChI=1S/C19H20N4O2/c24-18-8-9-19(25)23(18)13-5-12-22(14-16-6-1-3-10-20-16)15-17-7-2-4-11-21-17/h1-4,6-11H,5,12-15H2. The molecule has 0 radical (unpaired) electrons. The largest absolute Gasteiger partial charge is 0.292 e. The first-order chi connectivity index (χ1) is 12.2. The van der Waals surface area contributed by atoms with E-state index < -0.39 is 0 Å². The molecule has 0 saturated carbocycles. The molecule has 0 fully saturated rings. The van der Waals surface area contributed by atoms with Gasteiger partial charge in [0.25, 0.3) is 11.8 Å². The molecular weight excluding hydrogens is 316 g/mol. The first-order valence-electron chi connectivity index (χ1n) is 8.28. The molecule has 0 unspecified atom stereocenters. The molecule has 1 aliphatic rings.